The number of ether oxygens (including phenoxy) is 1. The Morgan fingerprint density at radius 3 is 2.67 bits per heavy atom. The summed E-state index contributed by atoms with van der Waals surface area (Å²) in [4.78, 5) is 0. The first-order chi connectivity index (χ1) is 5.49. The van der Waals surface area contributed by atoms with Gasteiger partial charge in [-0.25, -0.2) is 4.39 Å². The lowest BCUT2D eigenvalue weighted by molar-refractivity contribution is -0.178. The van der Waals surface area contributed by atoms with E-state index in [1.54, 1.807) is 13.8 Å². The Labute approximate surface area is 71.2 Å². The molecular weight excluding hydrogens is 163 g/mol. The second kappa shape index (κ2) is 3.28. The smallest absolute Gasteiger partial charge is 0.136 e. The molecule has 0 amide bonds. The minimum absolute atomic E-state index is 0.233. The lowest BCUT2D eigenvalue weighted by Gasteiger charge is -2.40. The number of alkyl halides is 1. The SMILES string of the molecule is CC1(C)CO[C@H](CO)C(O)[C@H]1F. The molecule has 1 aliphatic rings. The Bertz CT molecular complexity index is 160. The Morgan fingerprint density at radius 1 is 1.58 bits per heavy atom. The summed E-state index contributed by atoms with van der Waals surface area (Å²) in [6, 6.07) is 0. The van der Waals surface area contributed by atoms with Gasteiger partial charge in [0.1, 0.15) is 18.4 Å². The van der Waals surface area contributed by atoms with E-state index in [0.717, 1.165) is 0 Å². The molecule has 2 N–H and O–H groups in total. The fraction of sp³-hybridized carbons (Fsp3) is 1.00. The van der Waals surface area contributed by atoms with Crippen molar-refractivity contribution < 1.29 is 19.3 Å². The van der Waals surface area contributed by atoms with Crippen molar-refractivity contribution in [2.24, 2.45) is 5.41 Å². The molecule has 4 heteroatoms. The molecule has 0 saturated carbocycles. The van der Waals surface area contributed by atoms with E-state index in [-0.39, 0.29) is 13.2 Å². The first kappa shape index (κ1) is 9.89. The van der Waals surface area contributed by atoms with E-state index in [9.17, 15) is 9.50 Å². The van der Waals surface area contributed by atoms with Crippen LogP contribution in [0.15, 0.2) is 0 Å². The molecular formula is C8H15FO3. The summed E-state index contributed by atoms with van der Waals surface area (Å²) >= 11 is 0. The number of rotatable bonds is 1. The number of hydrogen-bond acceptors (Lipinski definition) is 3. The van der Waals surface area contributed by atoms with E-state index in [2.05, 4.69) is 0 Å². The van der Waals surface area contributed by atoms with Crippen LogP contribution in [-0.2, 0) is 4.74 Å². The van der Waals surface area contributed by atoms with Gasteiger partial charge in [-0.15, -0.1) is 0 Å². The molecule has 1 rings (SSSR count). The average Bonchev–Trinajstić information content (AvgIpc) is 2.01. The van der Waals surface area contributed by atoms with Gasteiger partial charge in [0, 0.05) is 5.41 Å². The van der Waals surface area contributed by atoms with E-state index in [1.807, 2.05) is 0 Å². The highest BCUT2D eigenvalue weighted by Gasteiger charge is 2.44. The van der Waals surface area contributed by atoms with E-state index >= 15 is 0 Å². The quantitative estimate of drug-likeness (QED) is 0.599. The fourth-order valence-corrected chi connectivity index (χ4v) is 1.31. The van der Waals surface area contributed by atoms with E-state index in [4.69, 9.17) is 9.84 Å². The zero-order valence-corrected chi connectivity index (χ0v) is 7.33. The van der Waals surface area contributed by atoms with Crippen LogP contribution in [0.5, 0.6) is 0 Å². The highest BCUT2D eigenvalue weighted by molar-refractivity contribution is 4.91. The van der Waals surface area contributed by atoms with Crippen molar-refractivity contribution in [1.29, 1.82) is 0 Å². The Kier molecular flexibility index (Phi) is 2.70. The lowest BCUT2D eigenvalue weighted by atomic mass is 9.82. The number of aliphatic hydroxyl groups excluding tert-OH is 2. The molecule has 1 aliphatic heterocycles. The molecule has 0 aromatic carbocycles. The summed E-state index contributed by atoms with van der Waals surface area (Å²) in [5.41, 5.74) is -0.662. The standard InChI is InChI=1S/C8H15FO3/c1-8(2)4-12-5(3-10)6(11)7(8)9/h5-7,10-11H,3-4H2,1-2H3/t5-,6?,7-/m1/s1. The zero-order valence-electron chi connectivity index (χ0n) is 7.33. The minimum Gasteiger partial charge on any atom is -0.394 e. The van der Waals surface area contributed by atoms with Gasteiger partial charge >= 0.3 is 0 Å². The highest BCUT2D eigenvalue weighted by atomic mass is 19.1. The van der Waals surface area contributed by atoms with Crippen molar-refractivity contribution in [3.63, 3.8) is 0 Å². The maximum atomic E-state index is 13.4. The lowest BCUT2D eigenvalue weighted by Crippen LogP contribution is -2.53. The predicted molar refractivity (Wildman–Crippen MR) is 41.5 cm³/mol. The minimum atomic E-state index is -1.33. The number of hydrogen-bond donors (Lipinski definition) is 2. The van der Waals surface area contributed by atoms with E-state index in [0.29, 0.717) is 0 Å². The Morgan fingerprint density at radius 2 is 2.17 bits per heavy atom. The van der Waals surface area contributed by atoms with Gasteiger partial charge in [-0.2, -0.15) is 0 Å². The molecule has 1 saturated heterocycles. The van der Waals surface area contributed by atoms with E-state index < -0.39 is 23.8 Å². The summed E-state index contributed by atoms with van der Waals surface area (Å²) < 4.78 is 18.4. The van der Waals surface area contributed by atoms with Crippen molar-refractivity contribution in [1.82, 2.24) is 0 Å². The molecule has 1 unspecified atom stereocenters. The molecule has 72 valence electrons. The maximum Gasteiger partial charge on any atom is 0.136 e. The van der Waals surface area contributed by atoms with Crippen LogP contribution in [0.25, 0.3) is 0 Å². The summed E-state index contributed by atoms with van der Waals surface area (Å²) in [5, 5.41) is 18.0. The molecule has 3 atom stereocenters. The summed E-state index contributed by atoms with van der Waals surface area (Å²) in [6.45, 7) is 3.27. The normalized spacial score (nSPS) is 41.2. The van der Waals surface area contributed by atoms with Crippen LogP contribution in [0.1, 0.15) is 13.8 Å². The van der Waals surface area contributed by atoms with Crippen molar-refractivity contribution >= 4 is 0 Å². The molecule has 0 aromatic rings. The topological polar surface area (TPSA) is 49.7 Å². The van der Waals surface area contributed by atoms with Crippen molar-refractivity contribution in [2.45, 2.75) is 32.2 Å². The third kappa shape index (κ3) is 1.60. The van der Waals surface area contributed by atoms with Gasteiger partial charge in [0.25, 0.3) is 0 Å². The largest absolute Gasteiger partial charge is 0.394 e. The maximum absolute atomic E-state index is 13.4. The molecule has 3 nitrogen and oxygen atoms in total. The molecule has 12 heavy (non-hydrogen) atoms. The monoisotopic (exact) mass is 178 g/mol. The Balaban J connectivity index is 2.65. The summed E-state index contributed by atoms with van der Waals surface area (Å²) in [5.74, 6) is 0. The van der Waals surface area contributed by atoms with E-state index in [1.165, 1.54) is 0 Å². The second-order valence-corrected chi connectivity index (χ2v) is 3.91. The van der Waals surface area contributed by atoms with Gasteiger partial charge in [0.05, 0.1) is 13.2 Å². The molecule has 0 spiro atoms. The molecule has 0 aliphatic carbocycles. The van der Waals surface area contributed by atoms with Gasteiger partial charge in [-0.1, -0.05) is 13.8 Å². The second-order valence-electron chi connectivity index (χ2n) is 3.91. The van der Waals surface area contributed by atoms with Crippen LogP contribution in [-0.4, -0.2) is 41.8 Å². The molecule has 0 bridgehead atoms. The van der Waals surface area contributed by atoms with Crippen LogP contribution in [0.2, 0.25) is 0 Å². The van der Waals surface area contributed by atoms with Crippen LogP contribution in [0, 0.1) is 5.41 Å². The van der Waals surface area contributed by atoms with Gasteiger partial charge < -0.3 is 14.9 Å². The Hall–Kier alpha value is -0.190. The zero-order chi connectivity index (χ0) is 9.35. The molecule has 1 heterocycles. The molecule has 0 aromatic heterocycles. The van der Waals surface area contributed by atoms with Crippen molar-refractivity contribution in [2.75, 3.05) is 13.2 Å². The first-order valence-electron chi connectivity index (χ1n) is 4.03. The van der Waals surface area contributed by atoms with Crippen LogP contribution < -0.4 is 0 Å². The van der Waals surface area contributed by atoms with Crippen LogP contribution in [0.3, 0.4) is 0 Å². The third-order valence-corrected chi connectivity index (χ3v) is 2.28. The fourth-order valence-electron chi connectivity index (χ4n) is 1.31. The van der Waals surface area contributed by atoms with Crippen molar-refractivity contribution in [3.05, 3.63) is 0 Å². The van der Waals surface area contributed by atoms with Gasteiger partial charge in [-0.05, 0) is 0 Å². The van der Waals surface area contributed by atoms with Crippen LogP contribution >= 0.6 is 0 Å². The average molecular weight is 178 g/mol. The summed E-state index contributed by atoms with van der Waals surface area (Å²) in [7, 11) is 0. The number of aliphatic hydroxyl groups is 2. The van der Waals surface area contributed by atoms with Gasteiger partial charge in [0.2, 0.25) is 0 Å². The number of halogens is 1. The molecule has 0 radical (unpaired) electrons. The van der Waals surface area contributed by atoms with Gasteiger partial charge in [-0.3, -0.25) is 0 Å². The highest BCUT2D eigenvalue weighted by Crippen LogP contribution is 2.33. The van der Waals surface area contributed by atoms with Gasteiger partial charge in [0.15, 0.2) is 0 Å². The van der Waals surface area contributed by atoms with Crippen molar-refractivity contribution in [3.8, 4) is 0 Å². The summed E-state index contributed by atoms with van der Waals surface area (Å²) in [6.07, 6.45) is -3.31. The van der Waals surface area contributed by atoms with Crippen LogP contribution in [0.4, 0.5) is 4.39 Å². The molecule has 1 fully saturated rings. The first-order valence-corrected chi connectivity index (χ1v) is 4.03. The third-order valence-electron chi connectivity index (χ3n) is 2.28. The predicted octanol–water partition coefficient (Wildman–Crippen LogP) is 0.103.